The highest BCUT2D eigenvalue weighted by molar-refractivity contribution is 5.94. The summed E-state index contributed by atoms with van der Waals surface area (Å²) in [6, 6.07) is 9.42. The minimum atomic E-state index is -0.519. The van der Waals surface area contributed by atoms with Crippen molar-refractivity contribution in [3.05, 3.63) is 54.0 Å². The first-order chi connectivity index (χ1) is 10.2. The molecule has 6 heteroatoms. The van der Waals surface area contributed by atoms with Gasteiger partial charge in [0.15, 0.2) is 0 Å². The molecule has 1 heterocycles. The predicted octanol–water partition coefficient (Wildman–Crippen LogP) is 2.03. The number of rotatable bonds is 6. The third-order valence-corrected chi connectivity index (χ3v) is 2.89. The molecule has 5 nitrogen and oxygen atoms in total. The Morgan fingerprint density at radius 3 is 2.76 bits per heavy atom. The Morgan fingerprint density at radius 2 is 2.00 bits per heavy atom. The van der Waals surface area contributed by atoms with Gasteiger partial charge < -0.3 is 16.4 Å². The smallest absolute Gasteiger partial charge is 0.254 e. The van der Waals surface area contributed by atoms with Gasteiger partial charge in [-0.1, -0.05) is 12.1 Å². The topological polar surface area (TPSA) is 80.0 Å². The molecule has 21 heavy (non-hydrogen) atoms. The standard InChI is InChI=1S/C15H17FN4O/c16-12-6-2-1-5-11(12)15(21)20-10-4-9-19-14-13(17)7-3-8-18-14/h1-3,5-8H,4,9-10,17H2,(H,18,19)(H,20,21). The van der Waals surface area contributed by atoms with Gasteiger partial charge in [0.25, 0.3) is 5.91 Å². The molecule has 0 aliphatic rings. The fourth-order valence-corrected chi connectivity index (χ4v) is 1.80. The van der Waals surface area contributed by atoms with Gasteiger partial charge in [0.1, 0.15) is 11.6 Å². The van der Waals surface area contributed by atoms with Gasteiger partial charge in [-0.2, -0.15) is 0 Å². The van der Waals surface area contributed by atoms with Crippen LogP contribution in [0.15, 0.2) is 42.6 Å². The van der Waals surface area contributed by atoms with E-state index in [-0.39, 0.29) is 5.56 Å². The molecule has 0 saturated heterocycles. The first kappa shape index (κ1) is 14.8. The highest BCUT2D eigenvalue weighted by Gasteiger charge is 2.09. The largest absolute Gasteiger partial charge is 0.396 e. The third-order valence-electron chi connectivity index (χ3n) is 2.89. The van der Waals surface area contributed by atoms with Crippen LogP contribution in [0, 0.1) is 5.82 Å². The SMILES string of the molecule is Nc1cccnc1NCCCNC(=O)c1ccccc1F. The highest BCUT2D eigenvalue weighted by atomic mass is 19.1. The second-order valence-electron chi connectivity index (χ2n) is 4.46. The van der Waals surface area contributed by atoms with Crippen LogP contribution < -0.4 is 16.4 Å². The number of nitrogens with one attached hydrogen (secondary N) is 2. The maximum Gasteiger partial charge on any atom is 0.254 e. The van der Waals surface area contributed by atoms with Crippen molar-refractivity contribution in [3.8, 4) is 0 Å². The normalized spacial score (nSPS) is 10.1. The summed E-state index contributed by atoms with van der Waals surface area (Å²) in [5.74, 6) is -0.308. The van der Waals surface area contributed by atoms with Crippen LogP contribution in [-0.4, -0.2) is 24.0 Å². The molecule has 0 fully saturated rings. The van der Waals surface area contributed by atoms with Crippen LogP contribution in [0.5, 0.6) is 0 Å². The molecule has 0 bridgehead atoms. The molecule has 0 atom stereocenters. The Balaban J connectivity index is 1.72. The molecule has 110 valence electrons. The first-order valence-electron chi connectivity index (χ1n) is 6.65. The summed E-state index contributed by atoms with van der Waals surface area (Å²) in [7, 11) is 0. The minimum absolute atomic E-state index is 0.0550. The number of carbonyl (C=O) groups is 1. The summed E-state index contributed by atoms with van der Waals surface area (Å²) < 4.78 is 13.4. The lowest BCUT2D eigenvalue weighted by Gasteiger charge is -2.09. The van der Waals surface area contributed by atoms with E-state index >= 15 is 0 Å². The number of benzene rings is 1. The van der Waals surface area contributed by atoms with Crippen LogP contribution >= 0.6 is 0 Å². The van der Waals surface area contributed by atoms with Crippen LogP contribution in [0.3, 0.4) is 0 Å². The van der Waals surface area contributed by atoms with Gasteiger partial charge in [-0.3, -0.25) is 4.79 Å². The van der Waals surface area contributed by atoms with Gasteiger partial charge in [0.2, 0.25) is 0 Å². The number of halogens is 1. The van der Waals surface area contributed by atoms with Crippen LogP contribution in [0.25, 0.3) is 0 Å². The van der Waals surface area contributed by atoms with Crippen LogP contribution in [0.4, 0.5) is 15.9 Å². The molecule has 2 aromatic rings. The Bertz CT molecular complexity index is 618. The molecule has 0 aliphatic carbocycles. The van der Waals surface area contributed by atoms with Crippen molar-refractivity contribution in [2.45, 2.75) is 6.42 Å². The Hall–Kier alpha value is -2.63. The van der Waals surface area contributed by atoms with Gasteiger partial charge in [0, 0.05) is 19.3 Å². The second kappa shape index (κ2) is 7.23. The number of amides is 1. The van der Waals surface area contributed by atoms with Gasteiger partial charge in [-0.05, 0) is 30.7 Å². The highest BCUT2D eigenvalue weighted by Crippen LogP contribution is 2.12. The molecule has 0 spiro atoms. The number of nitrogen functional groups attached to an aromatic ring is 1. The molecule has 1 aromatic heterocycles. The van der Waals surface area contributed by atoms with Crippen molar-refractivity contribution in [1.82, 2.24) is 10.3 Å². The lowest BCUT2D eigenvalue weighted by atomic mass is 10.2. The van der Waals surface area contributed by atoms with E-state index in [0.29, 0.717) is 31.0 Å². The van der Waals surface area contributed by atoms with E-state index in [0.717, 1.165) is 0 Å². The van der Waals surface area contributed by atoms with E-state index in [2.05, 4.69) is 15.6 Å². The zero-order valence-electron chi connectivity index (χ0n) is 11.5. The molecule has 4 N–H and O–H groups in total. The maximum atomic E-state index is 13.4. The first-order valence-corrected chi connectivity index (χ1v) is 6.65. The average Bonchev–Trinajstić information content (AvgIpc) is 2.49. The number of anilines is 2. The lowest BCUT2D eigenvalue weighted by Crippen LogP contribution is -2.26. The van der Waals surface area contributed by atoms with Gasteiger partial charge in [0.05, 0.1) is 11.3 Å². The average molecular weight is 288 g/mol. The van der Waals surface area contributed by atoms with E-state index in [1.54, 1.807) is 30.5 Å². The number of aromatic nitrogens is 1. The zero-order valence-corrected chi connectivity index (χ0v) is 11.5. The molecule has 2 rings (SSSR count). The van der Waals surface area contributed by atoms with Crippen LogP contribution in [0.1, 0.15) is 16.8 Å². The Kier molecular flexibility index (Phi) is 5.09. The number of hydrogen-bond donors (Lipinski definition) is 3. The van der Waals surface area contributed by atoms with Crippen molar-refractivity contribution in [2.75, 3.05) is 24.1 Å². The van der Waals surface area contributed by atoms with Crippen molar-refractivity contribution in [3.63, 3.8) is 0 Å². The fourth-order valence-electron chi connectivity index (χ4n) is 1.80. The second-order valence-corrected chi connectivity index (χ2v) is 4.46. The summed E-state index contributed by atoms with van der Waals surface area (Å²) in [6.45, 7) is 1.05. The quantitative estimate of drug-likeness (QED) is 0.711. The summed E-state index contributed by atoms with van der Waals surface area (Å²) >= 11 is 0. The summed E-state index contributed by atoms with van der Waals surface area (Å²) in [6.07, 6.45) is 2.33. The molecule has 1 amide bonds. The summed E-state index contributed by atoms with van der Waals surface area (Å²) in [5, 5.41) is 5.75. The van der Waals surface area contributed by atoms with Gasteiger partial charge >= 0.3 is 0 Å². The molecule has 0 aliphatic heterocycles. The van der Waals surface area contributed by atoms with E-state index in [1.165, 1.54) is 12.1 Å². The summed E-state index contributed by atoms with van der Waals surface area (Å²) in [5.41, 5.74) is 6.37. The van der Waals surface area contributed by atoms with Crippen molar-refractivity contribution in [2.24, 2.45) is 0 Å². The van der Waals surface area contributed by atoms with E-state index in [1.807, 2.05) is 0 Å². The minimum Gasteiger partial charge on any atom is -0.396 e. The van der Waals surface area contributed by atoms with Crippen molar-refractivity contribution < 1.29 is 9.18 Å². The fraction of sp³-hybridized carbons (Fsp3) is 0.200. The van der Waals surface area contributed by atoms with Gasteiger partial charge in [-0.15, -0.1) is 0 Å². The van der Waals surface area contributed by atoms with Gasteiger partial charge in [-0.25, -0.2) is 9.37 Å². The predicted molar refractivity (Wildman–Crippen MR) is 80.5 cm³/mol. The number of nitrogens with two attached hydrogens (primary N) is 1. The Morgan fingerprint density at radius 1 is 1.19 bits per heavy atom. The number of carbonyl (C=O) groups excluding carboxylic acids is 1. The zero-order chi connectivity index (χ0) is 15.1. The lowest BCUT2D eigenvalue weighted by molar-refractivity contribution is 0.0949. The molecule has 0 unspecified atom stereocenters. The van der Waals surface area contributed by atoms with E-state index < -0.39 is 11.7 Å². The molecule has 0 saturated carbocycles. The maximum absolute atomic E-state index is 13.4. The third kappa shape index (κ3) is 4.17. The summed E-state index contributed by atoms with van der Waals surface area (Å²) in [4.78, 5) is 15.8. The van der Waals surface area contributed by atoms with E-state index in [4.69, 9.17) is 5.73 Å². The number of hydrogen-bond acceptors (Lipinski definition) is 4. The van der Waals surface area contributed by atoms with Crippen LogP contribution in [-0.2, 0) is 0 Å². The molecular formula is C15H17FN4O. The molecular weight excluding hydrogens is 271 g/mol. The molecule has 0 radical (unpaired) electrons. The monoisotopic (exact) mass is 288 g/mol. The number of nitrogens with zero attached hydrogens (tertiary/aromatic N) is 1. The van der Waals surface area contributed by atoms with Crippen molar-refractivity contribution in [1.29, 1.82) is 0 Å². The van der Waals surface area contributed by atoms with Crippen molar-refractivity contribution >= 4 is 17.4 Å². The Labute approximate surface area is 122 Å². The molecule has 1 aromatic carbocycles. The number of pyridine rings is 1. The van der Waals surface area contributed by atoms with E-state index in [9.17, 15) is 9.18 Å². The van der Waals surface area contributed by atoms with Crippen LogP contribution in [0.2, 0.25) is 0 Å².